The minimum absolute atomic E-state index is 0.0374. The van der Waals surface area contributed by atoms with Crippen molar-refractivity contribution in [2.45, 2.75) is 25.6 Å². The molecular formula is C18H21N3O4S. The van der Waals surface area contributed by atoms with Gasteiger partial charge in [0, 0.05) is 5.56 Å². The van der Waals surface area contributed by atoms with Crippen molar-refractivity contribution >= 4 is 29.5 Å². The van der Waals surface area contributed by atoms with Crippen LogP contribution in [0.2, 0.25) is 0 Å². The van der Waals surface area contributed by atoms with Gasteiger partial charge in [0.05, 0.1) is 30.4 Å². The average molecular weight is 375 g/mol. The van der Waals surface area contributed by atoms with Crippen molar-refractivity contribution in [3.8, 4) is 5.75 Å². The molecule has 8 heteroatoms. The fraction of sp³-hybridized carbons (Fsp3) is 0.389. The quantitative estimate of drug-likeness (QED) is 0.809. The number of aryl methyl sites for hydroxylation is 1. The zero-order chi connectivity index (χ0) is 18.7. The highest BCUT2D eigenvalue weighted by Crippen LogP contribution is 2.43. The zero-order valence-corrected chi connectivity index (χ0v) is 15.8. The third-order valence-electron chi connectivity index (χ3n) is 4.08. The van der Waals surface area contributed by atoms with E-state index in [9.17, 15) is 9.59 Å². The van der Waals surface area contributed by atoms with Gasteiger partial charge in [-0.3, -0.25) is 9.59 Å². The van der Waals surface area contributed by atoms with Crippen molar-refractivity contribution < 1.29 is 19.1 Å². The molecule has 1 N–H and O–H groups in total. The molecule has 3 rings (SSSR count). The fourth-order valence-corrected chi connectivity index (χ4v) is 4.13. The minimum Gasteiger partial charge on any atom is -0.497 e. The van der Waals surface area contributed by atoms with E-state index in [1.165, 1.54) is 16.4 Å². The number of carbonyl (C=O) groups excluding carboxylic acids is 2. The van der Waals surface area contributed by atoms with Gasteiger partial charge in [-0.25, -0.2) is 4.68 Å². The van der Waals surface area contributed by atoms with Gasteiger partial charge in [-0.15, -0.1) is 11.8 Å². The number of hydrogen-bond donors (Lipinski definition) is 1. The number of aromatic nitrogens is 2. The van der Waals surface area contributed by atoms with E-state index >= 15 is 0 Å². The SMILES string of the molecule is CCOC(=O)Cn1nc(C)c2c1NC(=O)CS[C@H]2c1ccc(OC)cc1. The molecule has 7 nitrogen and oxygen atoms in total. The number of amides is 1. The number of ether oxygens (including phenoxy) is 2. The maximum absolute atomic E-state index is 12.2. The van der Waals surface area contributed by atoms with Crippen LogP contribution in [0.3, 0.4) is 0 Å². The topological polar surface area (TPSA) is 82.5 Å². The molecule has 0 spiro atoms. The summed E-state index contributed by atoms with van der Waals surface area (Å²) in [6.07, 6.45) is 0. The van der Waals surface area contributed by atoms with Gasteiger partial charge in [-0.1, -0.05) is 12.1 Å². The van der Waals surface area contributed by atoms with Crippen molar-refractivity contribution in [1.82, 2.24) is 9.78 Å². The summed E-state index contributed by atoms with van der Waals surface area (Å²) >= 11 is 1.54. The van der Waals surface area contributed by atoms with Crippen LogP contribution < -0.4 is 10.1 Å². The highest BCUT2D eigenvalue weighted by Gasteiger charge is 2.30. The summed E-state index contributed by atoms with van der Waals surface area (Å²) in [6.45, 7) is 3.90. The number of methoxy groups -OCH3 is 1. The molecule has 0 aliphatic carbocycles. The van der Waals surface area contributed by atoms with Gasteiger partial charge < -0.3 is 14.8 Å². The van der Waals surface area contributed by atoms with Gasteiger partial charge in [0.1, 0.15) is 18.1 Å². The molecule has 26 heavy (non-hydrogen) atoms. The monoisotopic (exact) mass is 375 g/mol. The second kappa shape index (κ2) is 7.82. The maximum Gasteiger partial charge on any atom is 0.327 e. The molecule has 0 unspecified atom stereocenters. The zero-order valence-electron chi connectivity index (χ0n) is 14.9. The number of nitrogens with one attached hydrogen (secondary N) is 1. The number of nitrogens with zero attached hydrogens (tertiary/aromatic N) is 2. The molecule has 1 aromatic heterocycles. The Morgan fingerprint density at radius 3 is 2.77 bits per heavy atom. The van der Waals surface area contributed by atoms with Gasteiger partial charge >= 0.3 is 5.97 Å². The van der Waals surface area contributed by atoms with E-state index in [1.807, 2.05) is 31.2 Å². The first kappa shape index (κ1) is 18.3. The van der Waals surface area contributed by atoms with Crippen LogP contribution in [-0.2, 0) is 20.9 Å². The molecule has 0 radical (unpaired) electrons. The van der Waals surface area contributed by atoms with E-state index < -0.39 is 0 Å². The molecule has 1 aromatic carbocycles. The summed E-state index contributed by atoms with van der Waals surface area (Å²) in [5.74, 6) is 1.16. The lowest BCUT2D eigenvalue weighted by Gasteiger charge is -2.15. The van der Waals surface area contributed by atoms with Gasteiger partial charge in [0.15, 0.2) is 0 Å². The Morgan fingerprint density at radius 2 is 2.12 bits per heavy atom. The summed E-state index contributed by atoms with van der Waals surface area (Å²) in [5.41, 5.74) is 2.74. The Balaban J connectivity index is 2.01. The summed E-state index contributed by atoms with van der Waals surface area (Å²) in [5, 5.41) is 7.29. The highest BCUT2D eigenvalue weighted by molar-refractivity contribution is 8.00. The van der Waals surface area contributed by atoms with Crippen molar-refractivity contribution in [2.24, 2.45) is 0 Å². The predicted molar refractivity (Wildman–Crippen MR) is 99.5 cm³/mol. The standard InChI is InChI=1S/C18H21N3O4S/c1-4-25-15(23)9-21-18-16(11(2)20-21)17(26-10-14(22)19-18)12-5-7-13(24-3)8-6-12/h5-8,17H,4,9-10H2,1-3H3,(H,19,22)/t17-/m0/s1. The van der Waals surface area contributed by atoms with Crippen molar-refractivity contribution in [1.29, 1.82) is 0 Å². The Kier molecular flexibility index (Phi) is 5.51. The van der Waals surface area contributed by atoms with Gasteiger partial charge in [0.2, 0.25) is 5.91 Å². The average Bonchev–Trinajstić information content (AvgIpc) is 2.80. The van der Waals surface area contributed by atoms with E-state index in [4.69, 9.17) is 9.47 Å². The number of carbonyl (C=O) groups is 2. The van der Waals surface area contributed by atoms with E-state index in [2.05, 4.69) is 10.4 Å². The van der Waals surface area contributed by atoms with Crippen molar-refractivity contribution in [3.63, 3.8) is 0 Å². The van der Waals surface area contributed by atoms with E-state index in [1.54, 1.807) is 14.0 Å². The fourth-order valence-electron chi connectivity index (χ4n) is 2.94. The van der Waals surface area contributed by atoms with Crippen LogP contribution >= 0.6 is 11.8 Å². The molecule has 2 aromatic rings. The third-order valence-corrected chi connectivity index (χ3v) is 5.35. The van der Waals surface area contributed by atoms with Crippen LogP contribution in [0.25, 0.3) is 0 Å². The molecule has 0 saturated carbocycles. The van der Waals surface area contributed by atoms with Crippen LogP contribution in [0.5, 0.6) is 5.75 Å². The number of thioether (sulfide) groups is 1. The lowest BCUT2D eigenvalue weighted by molar-refractivity contribution is -0.144. The number of esters is 1. The summed E-state index contributed by atoms with van der Waals surface area (Å²) in [7, 11) is 1.62. The Labute approximate surface area is 156 Å². The van der Waals surface area contributed by atoms with E-state index in [0.717, 1.165) is 22.6 Å². The Bertz CT molecular complexity index is 817. The molecule has 0 fully saturated rings. The van der Waals surface area contributed by atoms with Crippen LogP contribution in [0.1, 0.15) is 29.0 Å². The smallest absolute Gasteiger partial charge is 0.327 e. The Morgan fingerprint density at radius 1 is 1.38 bits per heavy atom. The first-order valence-electron chi connectivity index (χ1n) is 8.31. The maximum atomic E-state index is 12.2. The summed E-state index contributed by atoms with van der Waals surface area (Å²) in [6, 6.07) is 7.76. The first-order chi connectivity index (χ1) is 12.5. The lowest BCUT2D eigenvalue weighted by Crippen LogP contribution is -2.20. The molecule has 1 atom stereocenters. The van der Waals surface area contributed by atoms with Gasteiger partial charge in [-0.05, 0) is 31.5 Å². The number of benzene rings is 1. The largest absolute Gasteiger partial charge is 0.497 e. The second-order valence-corrected chi connectivity index (χ2v) is 6.92. The molecule has 1 amide bonds. The first-order valence-corrected chi connectivity index (χ1v) is 9.36. The van der Waals surface area contributed by atoms with Crippen LogP contribution in [0.4, 0.5) is 5.82 Å². The van der Waals surface area contributed by atoms with Crippen LogP contribution in [-0.4, -0.2) is 41.1 Å². The summed E-state index contributed by atoms with van der Waals surface area (Å²) in [4.78, 5) is 24.1. The molecule has 1 aliphatic rings. The number of rotatable bonds is 5. The number of hydrogen-bond acceptors (Lipinski definition) is 6. The molecule has 138 valence electrons. The molecule has 0 bridgehead atoms. The normalized spacial score (nSPS) is 16.4. The molecular weight excluding hydrogens is 354 g/mol. The van der Waals surface area contributed by atoms with Gasteiger partial charge in [-0.2, -0.15) is 5.10 Å². The van der Waals surface area contributed by atoms with E-state index in [-0.39, 0.29) is 23.7 Å². The molecule has 1 aliphatic heterocycles. The van der Waals surface area contributed by atoms with Gasteiger partial charge in [0.25, 0.3) is 0 Å². The van der Waals surface area contributed by atoms with Crippen LogP contribution in [0, 0.1) is 6.92 Å². The molecule has 2 heterocycles. The third kappa shape index (κ3) is 3.70. The molecule has 0 saturated heterocycles. The summed E-state index contributed by atoms with van der Waals surface area (Å²) < 4.78 is 11.7. The highest BCUT2D eigenvalue weighted by atomic mass is 32.2. The number of anilines is 1. The minimum atomic E-state index is -0.384. The Hall–Kier alpha value is -2.48. The van der Waals surface area contributed by atoms with Crippen molar-refractivity contribution in [2.75, 3.05) is 24.8 Å². The second-order valence-electron chi connectivity index (χ2n) is 5.82. The van der Waals surface area contributed by atoms with Crippen LogP contribution in [0.15, 0.2) is 24.3 Å². The lowest BCUT2D eigenvalue weighted by atomic mass is 10.0. The number of fused-ring (bicyclic) bond motifs is 1. The van der Waals surface area contributed by atoms with Crippen molar-refractivity contribution in [3.05, 3.63) is 41.1 Å². The van der Waals surface area contributed by atoms with E-state index in [0.29, 0.717) is 18.2 Å². The predicted octanol–water partition coefficient (Wildman–Crippen LogP) is 2.54.